The summed E-state index contributed by atoms with van der Waals surface area (Å²) in [5.41, 5.74) is 5.55. The van der Waals surface area contributed by atoms with Gasteiger partial charge in [-0.05, 0) is 58.2 Å². The Hall–Kier alpha value is -0.0800. The van der Waals surface area contributed by atoms with Crippen LogP contribution in [-0.4, -0.2) is 30.6 Å². The topological polar surface area (TPSA) is 29.3 Å². The molecule has 2 atom stereocenters. The van der Waals surface area contributed by atoms with E-state index in [4.69, 9.17) is 5.73 Å². The summed E-state index contributed by atoms with van der Waals surface area (Å²) in [5.74, 6) is 0.797. The number of hydrogen-bond donors (Lipinski definition) is 1. The molecule has 0 rings (SSSR count). The van der Waals surface area contributed by atoms with Gasteiger partial charge in [0.2, 0.25) is 0 Å². The Morgan fingerprint density at radius 3 is 2.27 bits per heavy atom. The zero-order valence-corrected chi connectivity index (χ0v) is 11.1. The van der Waals surface area contributed by atoms with Gasteiger partial charge in [0.25, 0.3) is 0 Å². The van der Waals surface area contributed by atoms with Crippen LogP contribution in [0.4, 0.5) is 0 Å². The Bertz CT molecular complexity index is 136. The molecule has 0 aliphatic carbocycles. The average Bonchev–Trinajstić information content (AvgIpc) is 2.24. The Morgan fingerprint density at radius 1 is 1.13 bits per heavy atom. The molecular weight excluding hydrogens is 184 g/mol. The van der Waals surface area contributed by atoms with Crippen molar-refractivity contribution < 1.29 is 0 Å². The standard InChI is InChI=1S/C13H30N2/c1-5-13(4)15(6-2)11-7-8-12(3)9-10-14/h12-13H,5-11,14H2,1-4H3. The van der Waals surface area contributed by atoms with E-state index in [1.54, 1.807) is 0 Å². The minimum atomic E-state index is 0.736. The van der Waals surface area contributed by atoms with Crippen LogP contribution in [0, 0.1) is 5.92 Å². The number of nitrogens with zero attached hydrogens (tertiary/aromatic N) is 1. The van der Waals surface area contributed by atoms with Crippen molar-refractivity contribution in [1.29, 1.82) is 0 Å². The number of rotatable bonds is 9. The highest BCUT2D eigenvalue weighted by atomic mass is 15.1. The maximum Gasteiger partial charge on any atom is 0.00641 e. The van der Waals surface area contributed by atoms with E-state index in [1.165, 1.54) is 38.8 Å². The average molecular weight is 214 g/mol. The summed E-state index contributed by atoms with van der Waals surface area (Å²) in [6, 6.07) is 0.736. The molecule has 0 bridgehead atoms. The lowest BCUT2D eigenvalue weighted by Crippen LogP contribution is -2.33. The second-order valence-electron chi connectivity index (χ2n) is 4.71. The lowest BCUT2D eigenvalue weighted by atomic mass is 10.0. The zero-order valence-electron chi connectivity index (χ0n) is 11.1. The van der Waals surface area contributed by atoms with E-state index in [-0.39, 0.29) is 0 Å². The fourth-order valence-electron chi connectivity index (χ4n) is 2.02. The monoisotopic (exact) mass is 214 g/mol. The highest BCUT2D eigenvalue weighted by molar-refractivity contribution is 4.65. The quantitative estimate of drug-likeness (QED) is 0.639. The Morgan fingerprint density at radius 2 is 1.80 bits per heavy atom. The van der Waals surface area contributed by atoms with Gasteiger partial charge in [-0.15, -0.1) is 0 Å². The molecule has 2 nitrogen and oxygen atoms in total. The summed E-state index contributed by atoms with van der Waals surface area (Å²) in [4.78, 5) is 2.58. The lowest BCUT2D eigenvalue weighted by Gasteiger charge is -2.27. The molecule has 0 radical (unpaired) electrons. The van der Waals surface area contributed by atoms with Crippen molar-refractivity contribution in [1.82, 2.24) is 4.90 Å². The van der Waals surface area contributed by atoms with Crippen LogP contribution in [0.25, 0.3) is 0 Å². The number of nitrogens with two attached hydrogens (primary N) is 1. The van der Waals surface area contributed by atoms with Crippen LogP contribution in [0.2, 0.25) is 0 Å². The summed E-state index contributed by atoms with van der Waals surface area (Å²) in [6.07, 6.45) is 5.07. The minimum Gasteiger partial charge on any atom is -0.330 e. The highest BCUT2D eigenvalue weighted by Gasteiger charge is 2.09. The summed E-state index contributed by atoms with van der Waals surface area (Å²) >= 11 is 0. The Balaban J connectivity index is 3.62. The highest BCUT2D eigenvalue weighted by Crippen LogP contribution is 2.11. The van der Waals surface area contributed by atoms with Crippen LogP contribution in [-0.2, 0) is 0 Å². The van der Waals surface area contributed by atoms with Crippen LogP contribution in [0.1, 0.15) is 53.4 Å². The number of hydrogen-bond acceptors (Lipinski definition) is 2. The smallest absolute Gasteiger partial charge is 0.00641 e. The fourth-order valence-corrected chi connectivity index (χ4v) is 2.02. The molecule has 0 aromatic rings. The first-order valence-electron chi connectivity index (χ1n) is 6.59. The molecule has 0 saturated carbocycles. The molecule has 0 aliphatic heterocycles. The summed E-state index contributed by atoms with van der Waals surface area (Å²) in [6.45, 7) is 12.4. The molecule has 2 unspecified atom stereocenters. The van der Waals surface area contributed by atoms with Crippen molar-refractivity contribution in [3.63, 3.8) is 0 Å². The second-order valence-corrected chi connectivity index (χ2v) is 4.71. The molecule has 15 heavy (non-hydrogen) atoms. The predicted molar refractivity (Wildman–Crippen MR) is 69.1 cm³/mol. The minimum absolute atomic E-state index is 0.736. The van der Waals surface area contributed by atoms with Gasteiger partial charge in [-0.2, -0.15) is 0 Å². The zero-order chi connectivity index (χ0) is 11.7. The molecule has 0 heterocycles. The van der Waals surface area contributed by atoms with E-state index in [2.05, 4.69) is 32.6 Å². The largest absolute Gasteiger partial charge is 0.330 e. The van der Waals surface area contributed by atoms with E-state index in [9.17, 15) is 0 Å². The van der Waals surface area contributed by atoms with Gasteiger partial charge >= 0.3 is 0 Å². The summed E-state index contributed by atoms with van der Waals surface area (Å²) in [5, 5.41) is 0. The van der Waals surface area contributed by atoms with Crippen molar-refractivity contribution in [2.75, 3.05) is 19.6 Å². The van der Waals surface area contributed by atoms with Gasteiger partial charge in [0.05, 0.1) is 0 Å². The van der Waals surface area contributed by atoms with Crippen molar-refractivity contribution in [2.45, 2.75) is 59.4 Å². The molecule has 0 aliphatic rings. The van der Waals surface area contributed by atoms with Crippen LogP contribution >= 0.6 is 0 Å². The van der Waals surface area contributed by atoms with Gasteiger partial charge in [0.15, 0.2) is 0 Å². The van der Waals surface area contributed by atoms with Gasteiger partial charge in [-0.1, -0.05) is 20.8 Å². The molecule has 0 aromatic heterocycles. The molecule has 0 amide bonds. The second kappa shape index (κ2) is 9.17. The molecule has 0 spiro atoms. The van der Waals surface area contributed by atoms with Crippen LogP contribution < -0.4 is 5.73 Å². The normalized spacial score (nSPS) is 15.6. The lowest BCUT2D eigenvalue weighted by molar-refractivity contribution is 0.206. The van der Waals surface area contributed by atoms with Gasteiger partial charge in [0, 0.05) is 6.04 Å². The molecular formula is C13H30N2. The first kappa shape index (κ1) is 14.9. The van der Waals surface area contributed by atoms with Crippen molar-refractivity contribution in [2.24, 2.45) is 11.7 Å². The Kier molecular flexibility index (Phi) is 9.12. The van der Waals surface area contributed by atoms with Crippen molar-refractivity contribution in [3.05, 3.63) is 0 Å². The van der Waals surface area contributed by atoms with Gasteiger partial charge in [-0.3, -0.25) is 0 Å². The van der Waals surface area contributed by atoms with E-state index >= 15 is 0 Å². The molecule has 92 valence electrons. The van der Waals surface area contributed by atoms with Crippen molar-refractivity contribution >= 4 is 0 Å². The van der Waals surface area contributed by atoms with E-state index in [0.717, 1.165) is 18.5 Å². The first-order valence-corrected chi connectivity index (χ1v) is 6.59. The third-order valence-corrected chi connectivity index (χ3v) is 3.42. The SMILES string of the molecule is CCC(C)N(CC)CCCC(C)CCN. The molecule has 2 N–H and O–H groups in total. The third-order valence-electron chi connectivity index (χ3n) is 3.42. The van der Waals surface area contributed by atoms with Gasteiger partial charge in [0.1, 0.15) is 0 Å². The summed E-state index contributed by atoms with van der Waals surface area (Å²) < 4.78 is 0. The van der Waals surface area contributed by atoms with E-state index < -0.39 is 0 Å². The molecule has 0 aromatic carbocycles. The molecule has 2 heteroatoms. The van der Waals surface area contributed by atoms with Crippen LogP contribution in [0.3, 0.4) is 0 Å². The van der Waals surface area contributed by atoms with Crippen LogP contribution in [0.15, 0.2) is 0 Å². The third kappa shape index (κ3) is 6.91. The van der Waals surface area contributed by atoms with E-state index in [1.807, 2.05) is 0 Å². The van der Waals surface area contributed by atoms with Crippen molar-refractivity contribution in [3.8, 4) is 0 Å². The molecule has 0 saturated heterocycles. The van der Waals surface area contributed by atoms with E-state index in [0.29, 0.717) is 0 Å². The van der Waals surface area contributed by atoms with Crippen LogP contribution in [0.5, 0.6) is 0 Å². The van der Waals surface area contributed by atoms with Gasteiger partial charge < -0.3 is 10.6 Å². The fraction of sp³-hybridized carbons (Fsp3) is 1.00. The predicted octanol–water partition coefficient (Wildman–Crippen LogP) is 2.87. The Labute approximate surface area is 96.2 Å². The molecule has 0 fully saturated rings. The maximum atomic E-state index is 5.55. The van der Waals surface area contributed by atoms with Gasteiger partial charge in [-0.25, -0.2) is 0 Å². The maximum absolute atomic E-state index is 5.55. The summed E-state index contributed by atoms with van der Waals surface area (Å²) in [7, 11) is 0. The first-order chi connectivity index (χ1) is 7.15.